The zero-order chi connectivity index (χ0) is 22.3. The molecule has 0 aliphatic heterocycles. The van der Waals surface area contributed by atoms with Crippen molar-refractivity contribution in [1.29, 1.82) is 0 Å². The Hall–Kier alpha value is -2.53. The van der Waals surface area contributed by atoms with E-state index >= 15 is 0 Å². The number of nitrogens with zero attached hydrogens (tertiary/aromatic N) is 1. The van der Waals surface area contributed by atoms with Crippen LogP contribution in [0, 0.1) is 6.92 Å². The maximum atomic E-state index is 13.1. The molecule has 5 nitrogen and oxygen atoms in total. The molecular formula is C24H31ClN2O3. The highest BCUT2D eigenvalue weighted by Gasteiger charge is 2.30. The first kappa shape index (κ1) is 23.7. The Labute approximate surface area is 184 Å². The van der Waals surface area contributed by atoms with E-state index in [0.29, 0.717) is 23.7 Å². The molecule has 0 saturated heterocycles. The fourth-order valence-corrected chi connectivity index (χ4v) is 3.24. The lowest BCUT2D eigenvalue weighted by Gasteiger charge is -2.33. The Morgan fingerprint density at radius 3 is 2.30 bits per heavy atom. The van der Waals surface area contributed by atoms with Crippen LogP contribution >= 0.6 is 11.6 Å². The number of carbonyl (C=O) groups excluding carboxylic acids is 2. The van der Waals surface area contributed by atoms with E-state index in [1.165, 1.54) is 0 Å². The molecular weight excluding hydrogens is 400 g/mol. The van der Waals surface area contributed by atoms with Gasteiger partial charge in [-0.2, -0.15) is 0 Å². The Balaban J connectivity index is 2.24. The summed E-state index contributed by atoms with van der Waals surface area (Å²) in [7, 11) is 0. The molecule has 0 bridgehead atoms. The summed E-state index contributed by atoms with van der Waals surface area (Å²) in [6.07, 6.45) is 0.492. The Morgan fingerprint density at radius 1 is 1.10 bits per heavy atom. The van der Waals surface area contributed by atoms with Crippen LogP contribution in [-0.4, -0.2) is 34.9 Å². The second-order valence-corrected chi connectivity index (χ2v) is 8.80. The molecule has 30 heavy (non-hydrogen) atoms. The van der Waals surface area contributed by atoms with Gasteiger partial charge < -0.3 is 15.0 Å². The minimum Gasteiger partial charge on any atom is -0.482 e. The van der Waals surface area contributed by atoms with Gasteiger partial charge in [0.2, 0.25) is 5.91 Å². The van der Waals surface area contributed by atoms with Gasteiger partial charge in [-0.05, 0) is 51.8 Å². The van der Waals surface area contributed by atoms with Crippen molar-refractivity contribution in [2.45, 2.75) is 59.2 Å². The summed E-state index contributed by atoms with van der Waals surface area (Å²) in [6, 6.07) is 14.3. The monoisotopic (exact) mass is 430 g/mol. The number of rotatable bonds is 8. The predicted molar refractivity (Wildman–Crippen MR) is 121 cm³/mol. The molecule has 6 heteroatoms. The molecule has 2 aromatic rings. The lowest BCUT2D eigenvalue weighted by Crippen LogP contribution is -2.54. The minimum atomic E-state index is -0.604. The molecule has 0 aliphatic rings. The van der Waals surface area contributed by atoms with Crippen LogP contribution in [0.1, 0.15) is 45.2 Å². The van der Waals surface area contributed by atoms with Crippen molar-refractivity contribution < 1.29 is 14.3 Å². The Bertz CT molecular complexity index is 859. The molecule has 162 valence electrons. The molecule has 0 radical (unpaired) electrons. The highest BCUT2D eigenvalue weighted by Crippen LogP contribution is 2.23. The van der Waals surface area contributed by atoms with Crippen LogP contribution in [0.25, 0.3) is 0 Å². The molecule has 0 aliphatic carbocycles. The van der Waals surface area contributed by atoms with Crippen molar-refractivity contribution in [2.24, 2.45) is 0 Å². The van der Waals surface area contributed by atoms with Gasteiger partial charge in [0.25, 0.3) is 5.91 Å². The number of benzene rings is 2. The van der Waals surface area contributed by atoms with Gasteiger partial charge in [0.15, 0.2) is 6.61 Å². The predicted octanol–water partition coefficient (Wildman–Crippen LogP) is 4.75. The van der Waals surface area contributed by atoms with Crippen LogP contribution in [0.2, 0.25) is 5.02 Å². The number of nitrogens with one attached hydrogen (secondary N) is 1. The molecule has 0 fully saturated rings. The average Bonchev–Trinajstić information content (AvgIpc) is 2.67. The van der Waals surface area contributed by atoms with Crippen molar-refractivity contribution in [1.82, 2.24) is 10.2 Å². The third-order valence-corrected chi connectivity index (χ3v) is 4.86. The average molecular weight is 431 g/mol. The lowest BCUT2D eigenvalue weighted by molar-refractivity contribution is -0.143. The summed E-state index contributed by atoms with van der Waals surface area (Å²) >= 11 is 6.13. The molecule has 0 aromatic heterocycles. The molecule has 2 aromatic carbocycles. The van der Waals surface area contributed by atoms with Gasteiger partial charge in [0.1, 0.15) is 11.8 Å². The molecule has 2 amide bonds. The molecule has 0 saturated carbocycles. The summed E-state index contributed by atoms with van der Waals surface area (Å²) in [6.45, 7) is 9.79. The summed E-state index contributed by atoms with van der Waals surface area (Å²) in [5.41, 5.74) is 1.70. The molecule has 1 atom stereocenters. The fraction of sp³-hybridized carbons (Fsp3) is 0.417. The number of ether oxygens (including phenoxy) is 1. The number of para-hydroxylation sites is 1. The zero-order valence-corrected chi connectivity index (χ0v) is 19.1. The first-order valence-electron chi connectivity index (χ1n) is 10.1. The Morgan fingerprint density at radius 2 is 1.73 bits per heavy atom. The standard InChI is InChI=1S/C24H31ClN2O3/c1-6-20(23(29)26-24(3,4)5)27(15-18-13-11-17(2)12-14-18)22(28)16-30-21-10-8-7-9-19(21)25/h7-14,20H,6,15-16H2,1-5H3,(H,26,29)/t20-/m1/s1. The van der Waals surface area contributed by atoms with E-state index in [2.05, 4.69) is 5.32 Å². The maximum Gasteiger partial charge on any atom is 0.261 e. The lowest BCUT2D eigenvalue weighted by atomic mass is 10.1. The highest BCUT2D eigenvalue weighted by molar-refractivity contribution is 6.32. The van der Waals surface area contributed by atoms with Crippen LogP contribution in [0.3, 0.4) is 0 Å². The zero-order valence-electron chi connectivity index (χ0n) is 18.4. The van der Waals surface area contributed by atoms with E-state index in [4.69, 9.17) is 16.3 Å². The second-order valence-electron chi connectivity index (χ2n) is 8.39. The van der Waals surface area contributed by atoms with Gasteiger partial charge in [-0.1, -0.05) is 60.5 Å². The molecule has 2 rings (SSSR count). The molecule has 0 spiro atoms. The largest absolute Gasteiger partial charge is 0.482 e. The smallest absolute Gasteiger partial charge is 0.261 e. The van der Waals surface area contributed by atoms with E-state index in [1.54, 1.807) is 29.2 Å². The molecule has 1 N–H and O–H groups in total. The van der Waals surface area contributed by atoms with Crippen molar-refractivity contribution in [3.05, 3.63) is 64.7 Å². The maximum absolute atomic E-state index is 13.1. The third kappa shape index (κ3) is 7.06. The number of hydrogen-bond acceptors (Lipinski definition) is 3. The van der Waals surface area contributed by atoms with E-state index in [-0.39, 0.29) is 18.4 Å². The number of hydrogen-bond donors (Lipinski definition) is 1. The van der Waals surface area contributed by atoms with Gasteiger partial charge in [-0.3, -0.25) is 9.59 Å². The van der Waals surface area contributed by atoms with E-state index in [0.717, 1.165) is 11.1 Å². The number of amides is 2. The van der Waals surface area contributed by atoms with Crippen LogP contribution in [0.15, 0.2) is 48.5 Å². The van der Waals surface area contributed by atoms with E-state index < -0.39 is 11.6 Å². The second kappa shape index (κ2) is 10.5. The molecule has 0 unspecified atom stereocenters. The first-order valence-corrected chi connectivity index (χ1v) is 10.5. The van der Waals surface area contributed by atoms with Gasteiger partial charge in [-0.15, -0.1) is 0 Å². The summed E-state index contributed by atoms with van der Waals surface area (Å²) < 4.78 is 5.66. The van der Waals surface area contributed by atoms with Crippen molar-refractivity contribution in [3.63, 3.8) is 0 Å². The number of carbonyl (C=O) groups is 2. The van der Waals surface area contributed by atoms with Gasteiger partial charge in [-0.25, -0.2) is 0 Å². The summed E-state index contributed by atoms with van der Waals surface area (Å²) in [5.74, 6) is -0.00963. The Kier molecular flexibility index (Phi) is 8.30. The fourth-order valence-electron chi connectivity index (χ4n) is 3.05. The van der Waals surface area contributed by atoms with E-state index in [1.807, 2.05) is 58.9 Å². The quantitative estimate of drug-likeness (QED) is 0.657. The highest BCUT2D eigenvalue weighted by atomic mass is 35.5. The number of aryl methyl sites for hydroxylation is 1. The van der Waals surface area contributed by atoms with Gasteiger partial charge in [0, 0.05) is 12.1 Å². The third-order valence-electron chi connectivity index (χ3n) is 4.55. The van der Waals surface area contributed by atoms with E-state index in [9.17, 15) is 9.59 Å². The van der Waals surface area contributed by atoms with Crippen LogP contribution < -0.4 is 10.1 Å². The van der Waals surface area contributed by atoms with Crippen molar-refractivity contribution >= 4 is 23.4 Å². The SMILES string of the molecule is CC[C@H](C(=O)NC(C)(C)C)N(Cc1ccc(C)cc1)C(=O)COc1ccccc1Cl. The minimum absolute atomic E-state index is 0.178. The summed E-state index contributed by atoms with van der Waals surface area (Å²) in [4.78, 5) is 27.7. The number of halogens is 1. The topological polar surface area (TPSA) is 58.6 Å². The first-order chi connectivity index (χ1) is 14.1. The van der Waals surface area contributed by atoms with Crippen molar-refractivity contribution in [2.75, 3.05) is 6.61 Å². The van der Waals surface area contributed by atoms with Gasteiger partial charge >= 0.3 is 0 Å². The van der Waals surface area contributed by atoms with Crippen LogP contribution in [0.5, 0.6) is 5.75 Å². The molecule has 0 heterocycles. The van der Waals surface area contributed by atoms with Crippen LogP contribution in [-0.2, 0) is 16.1 Å². The normalized spacial score (nSPS) is 12.2. The van der Waals surface area contributed by atoms with Crippen molar-refractivity contribution in [3.8, 4) is 5.75 Å². The summed E-state index contributed by atoms with van der Waals surface area (Å²) in [5, 5.41) is 3.43. The van der Waals surface area contributed by atoms with Gasteiger partial charge in [0.05, 0.1) is 5.02 Å². The van der Waals surface area contributed by atoms with Crippen LogP contribution in [0.4, 0.5) is 0 Å².